The summed E-state index contributed by atoms with van der Waals surface area (Å²) in [5.41, 5.74) is 0. The molecule has 4 rings (SSSR count). The van der Waals surface area contributed by atoms with E-state index in [1.807, 2.05) is 0 Å². The minimum Gasteiger partial charge on any atom is -0.337 e. The topological polar surface area (TPSA) is 20.3 Å². The maximum atomic E-state index is 12.3. The van der Waals surface area contributed by atoms with E-state index in [2.05, 4.69) is 32.6 Å². The highest BCUT2D eigenvalue weighted by atomic mass is 16.2. The number of piperidine rings is 1. The van der Waals surface area contributed by atoms with E-state index in [9.17, 15) is 4.79 Å². The Balaban J connectivity index is 1.84. The number of amides is 1. The minimum absolute atomic E-state index is 0.380. The van der Waals surface area contributed by atoms with Crippen LogP contribution in [0.1, 0.15) is 59.8 Å². The SMILES string of the molecule is CC(C)N1C(=O)CCC2C3BC(C(C)C)(CCC21)C3. The number of nitrogens with zero attached hydrogens (tertiary/aromatic N) is 1. The average Bonchev–Trinajstić information content (AvgIpc) is 2.53. The van der Waals surface area contributed by atoms with Crippen LogP contribution in [0, 0.1) is 11.8 Å². The van der Waals surface area contributed by atoms with Gasteiger partial charge in [0.15, 0.2) is 0 Å². The number of carbonyl (C=O) groups excluding carboxylic acids is 1. The van der Waals surface area contributed by atoms with Crippen LogP contribution in [0.4, 0.5) is 0 Å². The molecule has 3 aliphatic heterocycles. The zero-order valence-corrected chi connectivity index (χ0v) is 13.0. The Hall–Kier alpha value is -0.465. The number of hydrogen-bond donors (Lipinski definition) is 0. The molecule has 0 N–H and O–H groups in total. The Morgan fingerprint density at radius 2 is 1.95 bits per heavy atom. The lowest BCUT2D eigenvalue weighted by atomic mass is 9.27. The third-order valence-electron chi connectivity index (χ3n) is 6.49. The summed E-state index contributed by atoms with van der Waals surface area (Å²) < 4.78 is 0. The molecule has 3 heterocycles. The molecule has 1 saturated carbocycles. The standard InChI is InChI=1S/C16H28BNO/c1-10(2)16-8-7-14-12(13(9-16)17-16)5-6-15(19)18(14)11(3)4/h10-14,17H,5-9H2,1-4H3. The summed E-state index contributed by atoms with van der Waals surface area (Å²) >= 11 is 0. The van der Waals surface area contributed by atoms with Crippen molar-refractivity contribution in [3.63, 3.8) is 0 Å². The fourth-order valence-corrected chi connectivity index (χ4v) is 5.26. The molecular weight excluding hydrogens is 233 g/mol. The van der Waals surface area contributed by atoms with Crippen LogP contribution in [0.2, 0.25) is 11.1 Å². The van der Waals surface area contributed by atoms with E-state index in [0.29, 0.717) is 23.3 Å². The van der Waals surface area contributed by atoms with Gasteiger partial charge in [-0.25, -0.2) is 0 Å². The Morgan fingerprint density at radius 3 is 2.53 bits per heavy atom. The molecule has 3 saturated heterocycles. The molecule has 4 aliphatic rings. The van der Waals surface area contributed by atoms with Crippen molar-refractivity contribution in [3.05, 3.63) is 0 Å². The van der Waals surface area contributed by atoms with Crippen molar-refractivity contribution in [3.8, 4) is 0 Å². The molecule has 0 aromatic heterocycles. The van der Waals surface area contributed by atoms with Crippen molar-refractivity contribution in [2.24, 2.45) is 11.8 Å². The van der Waals surface area contributed by atoms with Crippen LogP contribution >= 0.6 is 0 Å². The summed E-state index contributed by atoms with van der Waals surface area (Å²) in [6, 6.07) is 0.931. The van der Waals surface area contributed by atoms with Gasteiger partial charge in [0.2, 0.25) is 5.91 Å². The second-order valence-electron chi connectivity index (χ2n) is 7.89. The van der Waals surface area contributed by atoms with Crippen LogP contribution in [0.25, 0.3) is 0 Å². The molecule has 4 fully saturated rings. The number of fused-ring (bicyclic) bond motifs is 1. The van der Waals surface area contributed by atoms with Crippen molar-refractivity contribution in [1.29, 1.82) is 0 Å². The van der Waals surface area contributed by atoms with Gasteiger partial charge in [0, 0.05) is 18.5 Å². The van der Waals surface area contributed by atoms with Gasteiger partial charge in [0.1, 0.15) is 7.28 Å². The van der Waals surface area contributed by atoms with Gasteiger partial charge in [-0.2, -0.15) is 0 Å². The third-order valence-corrected chi connectivity index (χ3v) is 6.49. The maximum absolute atomic E-state index is 12.3. The maximum Gasteiger partial charge on any atom is 0.223 e. The second-order valence-corrected chi connectivity index (χ2v) is 7.89. The van der Waals surface area contributed by atoms with Gasteiger partial charge < -0.3 is 4.90 Å². The van der Waals surface area contributed by atoms with Crippen LogP contribution in [-0.4, -0.2) is 30.2 Å². The van der Waals surface area contributed by atoms with Crippen LogP contribution in [-0.2, 0) is 4.79 Å². The molecule has 106 valence electrons. The summed E-state index contributed by atoms with van der Waals surface area (Å²) in [5.74, 6) is 2.93. The molecule has 2 bridgehead atoms. The smallest absolute Gasteiger partial charge is 0.223 e. The summed E-state index contributed by atoms with van der Waals surface area (Å²) in [6.45, 7) is 9.18. The van der Waals surface area contributed by atoms with Crippen molar-refractivity contribution < 1.29 is 4.79 Å². The highest BCUT2D eigenvalue weighted by Gasteiger charge is 2.56. The molecule has 4 unspecified atom stereocenters. The van der Waals surface area contributed by atoms with Gasteiger partial charge in [-0.1, -0.05) is 37.8 Å². The van der Waals surface area contributed by atoms with E-state index in [-0.39, 0.29) is 0 Å². The molecule has 1 amide bonds. The summed E-state index contributed by atoms with van der Waals surface area (Å²) in [4.78, 5) is 14.5. The number of rotatable bonds is 2. The number of hydrogen-bond acceptors (Lipinski definition) is 1. The van der Waals surface area contributed by atoms with Crippen LogP contribution in [0.15, 0.2) is 0 Å². The van der Waals surface area contributed by atoms with Gasteiger partial charge in [0.25, 0.3) is 0 Å². The Labute approximate surface area is 118 Å². The van der Waals surface area contributed by atoms with Crippen molar-refractivity contribution in [2.75, 3.05) is 0 Å². The van der Waals surface area contributed by atoms with Gasteiger partial charge in [-0.05, 0) is 38.5 Å². The fraction of sp³-hybridized carbons (Fsp3) is 0.938. The summed E-state index contributed by atoms with van der Waals surface area (Å²) in [5, 5.41) is 0.619. The minimum atomic E-state index is 0.380. The van der Waals surface area contributed by atoms with E-state index in [4.69, 9.17) is 0 Å². The molecule has 0 aromatic rings. The van der Waals surface area contributed by atoms with Gasteiger partial charge in [0.05, 0.1) is 0 Å². The molecule has 2 nitrogen and oxygen atoms in total. The normalized spacial score (nSPS) is 41.7. The average molecular weight is 261 g/mol. The monoisotopic (exact) mass is 261 g/mol. The first-order chi connectivity index (χ1) is 8.94. The van der Waals surface area contributed by atoms with Crippen LogP contribution in [0.5, 0.6) is 0 Å². The largest absolute Gasteiger partial charge is 0.337 e. The lowest BCUT2D eigenvalue weighted by Crippen LogP contribution is -2.53. The van der Waals surface area contributed by atoms with Crippen LogP contribution < -0.4 is 0 Å². The molecule has 0 radical (unpaired) electrons. The zero-order valence-electron chi connectivity index (χ0n) is 13.0. The van der Waals surface area contributed by atoms with E-state index >= 15 is 0 Å². The van der Waals surface area contributed by atoms with E-state index in [1.54, 1.807) is 0 Å². The van der Waals surface area contributed by atoms with Crippen molar-refractivity contribution in [1.82, 2.24) is 4.90 Å². The van der Waals surface area contributed by atoms with E-state index < -0.39 is 0 Å². The zero-order chi connectivity index (χ0) is 13.8. The van der Waals surface area contributed by atoms with Gasteiger partial charge in [-0.15, -0.1) is 0 Å². The summed E-state index contributed by atoms with van der Waals surface area (Å²) in [7, 11) is 1.44. The molecule has 4 atom stereocenters. The summed E-state index contributed by atoms with van der Waals surface area (Å²) in [6.07, 6.45) is 5.99. The molecule has 19 heavy (non-hydrogen) atoms. The molecule has 0 aromatic carbocycles. The predicted octanol–water partition coefficient (Wildman–Crippen LogP) is 3.24. The van der Waals surface area contributed by atoms with Crippen molar-refractivity contribution in [2.45, 2.75) is 83.0 Å². The molecule has 1 aliphatic carbocycles. The highest BCUT2D eigenvalue weighted by molar-refractivity contribution is 6.46. The first-order valence-electron chi connectivity index (χ1n) is 8.26. The van der Waals surface area contributed by atoms with E-state index in [0.717, 1.165) is 30.5 Å². The van der Waals surface area contributed by atoms with Gasteiger partial charge >= 0.3 is 0 Å². The first-order valence-corrected chi connectivity index (χ1v) is 8.26. The second kappa shape index (κ2) is 4.53. The lowest BCUT2D eigenvalue weighted by Gasteiger charge is -2.52. The number of likely N-dealkylation sites (tertiary alicyclic amines) is 1. The molecule has 3 heteroatoms. The Morgan fingerprint density at radius 1 is 1.26 bits per heavy atom. The Bertz CT molecular complexity index is 373. The first kappa shape index (κ1) is 13.5. The lowest BCUT2D eigenvalue weighted by molar-refractivity contribution is -0.141. The fourth-order valence-electron chi connectivity index (χ4n) is 5.26. The predicted molar refractivity (Wildman–Crippen MR) is 80.8 cm³/mol. The highest BCUT2D eigenvalue weighted by Crippen LogP contribution is 2.64. The number of carbonyl (C=O) groups is 1. The van der Waals surface area contributed by atoms with Crippen LogP contribution in [0.3, 0.4) is 0 Å². The van der Waals surface area contributed by atoms with E-state index in [1.165, 1.54) is 26.5 Å². The molecular formula is C16H28BNO. The van der Waals surface area contributed by atoms with Gasteiger partial charge in [-0.3, -0.25) is 4.79 Å². The van der Waals surface area contributed by atoms with Crippen molar-refractivity contribution >= 4 is 13.2 Å². The molecule has 0 spiro atoms. The quantitative estimate of drug-likeness (QED) is 0.699. The Kier molecular flexibility index (Phi) is 3.22. The third kappa shape index (κ3) is 1.95.